The first-order valence-corrected chi connectivity index (χ1v) is 4.94. The molecule has 74 valence electrons. The van der Waals surface area contributed by atoms with Gasteiger partial charge in [0.05, 0.1) is 0 Å². The van der Waals surface area contributed by atoms with Gasteiger partial charge in [-0.25, -0.2) is 0 Å². The van der Waals surface area contributed by atoms with Gasteiger partial charge in [0.1, 0.15) is 0 Å². The Hall–Kier alpha value is -1.89. The molecule has 1 aliphatic rings. The van der Waals surface area contributed by atoms with Crippen LogP contribution in [0.15, 0.2) is 60.2 Å². The van der Waals surface area contributed by atoms with Crippen LogP contribution in [0.5, 0.6) is 0 Å². The van der Waals surface area contributed by atoms with Crippen LogP contribution in [-0.2, 0) is 4.79 Å². The van der Waals surface area contributed by atoms with Crippen molar-refractivity contribution in [3.05, 3.63) is 65.8 Å². The van der Waals surface area contributed by atoms with E-state index >= 15 is 0 Å². The molecule has 15 heavy (non-hydrogen) atoms. The summed E-state index contributed by atoms with van der Waals surface area (Å²) < 4.78 is 0. The van der Waals surface area contributed by atoms with Crippen LogP contribution in [0.25, 0.3) is 5.57 Å². The Kier molecular flexibility index (Phi) is 2.64. The second-order valence-corrected chi connectivity index (χ2v) is 3.49. The summed E-state index contributed by atoms with van der Waals surface area (Å²) >= 11 is 0. The summed E-state index contributed by atoms with van der Waals surface area (Å²) in [6.45, 7) is 1.98. The first-order valence-electron chi connectivity index (χ1n) is 4.94. The molecule has 1 aromatic rings. The Morgan fingerprint density at radius 3 is 2.33 bits per heavy atom. The van der Waals surface area contributed by atoms with Gasteiger partial charge in [0.2, 0.25) is 0 Å². The van der Waals surface area contributed by atoms with E-state index in [1.54, 1.807) is 12.2 Å². The van der Waals surface area contributed by atoms with Gasteiger partial charge < -0.3 is 0 Å². The molecule has 0 radical (unpaired) electrons. The van der Waals surface area contributed by atoms with Crippen molar-refractivity contribution in [2.24, 2.45) is 0 Å². The van der Waals surface area contributed by atoms with Gasteiger partial charge in [0, 0.05) is 5.57 Å². The molecule has 1 nitrogen and oxygen atoms in total. The highest BCUT2D eigenvalue weighted by atomic mass is 16.1. The first kappa shape index (κ1) is 9.66. The molecule has 0 amide bonds. The highest BCUT2D eigenvalue weighted by molar-refractivity contribution is 6.12. The lowest BCUT2D eigenvalue weighted by Crippen LogP contribution is -2.01. The Morgan fingerprint density at radius 1 is 1.00 bits per heavy atom. The highest BCUT2D eigenvalue weighted by Crippen LogP contribution is 2.21. The van der Waals surface area contributed by atoms with Crippen LogP contribution < -0.4 is 0 Å². The molecule has 2 rings (SSSR count). The molecule has 0 aromatic heterocycles. The monoisotopic (exact) mass is 196 g/mol. The van der Waals surface area contributed by atoms with E-state index in [2.05, 4.69) is 0 Å². The number of rotatable bonds is 1. The fourth-order valence-corrected chi connectivity index (χ4v) is 1.62. The lowest BCUT2D eigenvalue weighted by molar-refractivity contribution is -0.111. The van der Waals surface area contributed by atoms with E-state index < -0.39 is 0 Å². The van der Waals surface area contributed by atoms with E-state index in [4.69, 9.17) is 0 Å². The van der Waals surface area contributed by atoms with Crippen molar-refractivity contribution in [2.75, 3.05) is 0 Å². The van der Waals surface area contributed by atoms with Crippen LogP contribution >= 0.6 is 0 Å². The van der Waals surface area contributed by atoms with Gasteiger partial charge in [-0.3, -0.25) is 4.79 Å². The molecule has 0 saturated carbocycles. The molecule has 1 aromatic carbocycles. The van der Waals surface area contributed by atoms with Crippen molar-refractivity contribution >= 4 is 11.4 Å². The second-order valence-electron chi connectivity index (χ2n) is 3.49. The van der Waals surface area contributed by atoms with Crippen molar-refractivity contribution in [1.82, 2.24) is 0 Å². The van der Waals surface area contributed by atoms with Gasteiger partial charge >= 0.3 is 0 Å². The molecule has 0 atom stereocenters. The summed E-state index contributed by atoms with van der Waals surface area (Å²) in [6.07, 6.45) is 7.12. The number of benzene rings is 1. The zero-order chi connectivity index (χ0) is 10.7. The molecule has 1 heteroatoms. The van der Waals surface area contributed by atoms with E-state index in [1.807, 2.05) is 49.4 Å². The van der Waals surface area contributed by atoms with Crippen LogP contribution in [0.1, 0.15) is 12.5 Å². The standard InChI is InChI=1S/C14H12O/c1-11(12-7-3-2-4-8-12)13-9-5-6-10-14(13)15/h2-10H,1H3/b13-11-. The summed E-state index contributed by atoms with van der Waals surface area (Å²) in [4.78, 5) is 11.6. The third kappa shape index (κ3) is 1.96. The molecule has 0 unspecified atom stereocenters. The minimum absolute atomic E-state index is 0.0823. The van der Waals surface area contributed by atoms with Gasteiger partial charge in [-0.1, -0.05) is 48.6 Å². The molecule has 0 aliphatic heterocycles. The average Bonchev–Trinajstić information content (AvgIpc) is 2.30. The van der Waals surface area contributed by atoms with Crippen molar-refractivity contribution in [3.8, 4) is 0 Å². The van der Waals surface area contributed by atoms with Gasteiger partial charge in [-0.15, -0.1) is 0 Å². The molecule has 1 aliphatic carbocycles. The third-order valence-electron chi connectivity index (χ3n) is 2.50. The Balaban J connectivity index is 2.46. The van der Waals surface area contributed by atoms with Gasteiger partial charge in [0.25, 0.3) is 0 Å². The summed E-state index contributed by atoms with van der Waals surface area (Å²) in [5.41, 5.74) is 2.91. The molecule has 0 bridgehead atoms. The number of carbonyl (C=O) groups excluding carboxylic acids is 1. The summed E-state index contributed by atoms with van der Waals surface area (Å²) in [5, 5.41) is 0. The Morgan fingerprint density at radius 2 is 1.67 bits per heavy atom. The van der Waals surface area contributed by atoms with Crippen LogP contribution in [0.2, 0.25) is 0 Å². The largest absolute Gasteiger partial charge is 0.289 e. The van der Waals surface area contributed by atoms with Crippen molar-refractivity contribution in [1.29, 1.82) is 0 Å². The number of carbonyl (C=O) groups is 1. The smallest absolute Gasteiger partial charge is 0.186 e. The zero-order valence-corrected chi connectivity index (χ0v) is 8.60. The average molecular weight is 196 g/mol. The van der Waals surface area contributed by atoms with Gasteiger partial charge in [0.15, 0.2) is 5.78 Å². The fraction of sp³-hybridized carbons (Fsp3) is 0.0714. The van der Waals surface area contributed by atoms with Crippen molar-refractivity contribution < 1.29 is 4.79 Å². The third-order valence-corrected chi connectivity index (χ3v) is 2.50. The molecule has 0 N–H and O–H groups in total. The Bertz CT molecular complexity index is 461. The predicted molar refractivity (Wildman–Crippen MR) is 62.3 cm³/mol. The predicted octanol–water partition coefficient (Wildman–Crippen LogP) is 3.16. The fourth-order valence-electron chi connectivity index (χ4n) is 1.62. The zero-order valence-electron chi connectivity index (χ0n) is 8.60. The van der Waals surface area contributed by atoms with E-state index in [9.17, 15) is 4.79 Å². The maximum absolute atomic E-state index is 11.6. The number of allylic oxidation sites excluding steroid dienone is 6. The van der Waals surface area contributed by atoms with Crippen LogP contribution in [0.3, 0.4) is 0 Å². The van der Waals surface area contributed by atoms with Gasteiger partial charge in [-0.2, -0.15) is 0 Å². The second kappa shape index (κ2) is 4.09. The lowest BCUT2D eigenvalue weighted by atomic mass is 9.96. The van der Waals surface area contributed by atoms with E-state index in [0.717, 1.165) is 16.7 Å². The molecular weight excluding hydrogens is 184 g/mol. The quantitative estimate of drug-likeness (QED) is 0.630. The maximum atomic E-state index is 11.6. The normalized spacial score (nSPS) is 18.1. The van der Waals surface area contributed by atoms with E-state index in [1.165, 1.54) is 0 Å². The first-order chi connectivity index (χ1) is 7.29. The van der Waals surface area contributed by atoms with Crippen LogP contribution in [0.4, 0.5) is 0 Å². The summed E-state index contributed by atoms with van der Waals surface area (Å²) in [7, 11) is 0. The van der Waals surface area contributed by atoms with E-state index in [0.29, 0.717) is 0 Å². The molecular formula is C14H12O. The van der Waals surface area contributed by atoms with Crippen LogP contribution in [0, 0.1) is 0 Å². The SMILES string of the molecule is C/C(=C1\C=CC=CC1=O)c1ccccc1. The summed E-state index contributed by atoms with van der Waals surface area (Å²) in [5.74, 6) is 0.0823. The molecule has 0 spiro atoms. The number of hydrogen-bond donors (Lipinski definition) is 0. The number of hydrogen-bond acceptors (Lipinski definition) is 1. The lowest BCUT2D eigenvalue weighted by Gasteiger charge is -2.07. The van der Waals surface area contributed by atoms with E-state index in [-0.39, 0.29) is 5.78 Å². The summed E-state index contributed by atoms with van der Waals surface area (Å²) in [6, 6.07) is 9.96. The molecule has 0 heterocycles. The highest BCUT2D eigenvalue weighted by Gasteiger charge is 2.10. The molecule has 0 fully saturated rings. The minimum atomic E-state index is 0.0823. The van der Waals surface area contributed by atoms with Gasteiger partial charge in [-0.05, 0) is 24.1 Å². The minimum Gasteiger partial charge on any atom is -0.289 e. The molecule has 0 saturated heterocycles. The Labute approximate surface area is 89.4 Å². The van der Waals surface area contributed by atoms with Crippen molar-refractivity contribution in [3.63, 3.8) is 0 Å². The van der Waals surface area contributed by atoms with Crippen LogP contribution in [-0.4, -0.2) is 5.78 Å². The maximum Gasteiger partial charge on any atom is 0.186 e. The topological polar surface area (TPSA) is 17.1 Å². The van der Waals surface area contributed by atoms with Crippen molar-refractivity contribution in [2.45, 2.75) is 6.92 Å². The number of ketones is 1.